The van der Waals surface area contributed by atoms with Crippen LogP contribution >= 0.6 is 28.1 Å². The molecule has 0 spiro atoms. The Morgan fingerprint density at radius 2 is 1.85 bits per heavy atom. The Kier molecular flexibility index (Phi) is 3.54. The zero-order chi connectivity index (χ0) is 14.1. The lowest BCUT2D eigenvalue weighted by atomic mass is 10.1. The number of nitrogens with one attached hydrogen (secondary N) is 1. The second-order valence-electron chi connectivity index (χ2n) is 4.49. The molecule has 0 bridgehead atoms. The van der Waals surface area contributed by atoms with Gasteiger partial charge in [-0.15, -0.1) is 0 Å². The van der Waals surface area contributed by atoms with Crippen molar-refractivity contribution in [2.24, 2.45) is 0 Å². The molecule has 0 saturated carbocycles. The van der Waals surface area contributed by atoms with E-state index in [2.05, 4.69) is 21.2 Å². The first kappa shape index (κ1) is 13.3. The fourth-order valence-electron chi connectivity index (χ4n) is 2.12. The van der Waals surface area contributed by atoms with Crippen LogP contribution in [0.3, 0.4) is 0 Å². The Balaban J connectivity index is 1.89. The summed E-state index contributed by atoms with van der Waals surface area (Å²) in [5, 5.41) is 3.54. The van der Waals surface area contributed by atoms with Crippen molar-refractivity contribution in [1.82, 2.24) is 4.90 Å². The average molecular weight is 347 g/mol. The summed E-state index contributed by atoms with van der Waals surface area (Å²) in [7, 11) is 0. The summed E-state index contributed by atoms with van der Waals surface area (Å²) in [5.74, 6) is -0.0931. The number of anilines is 1. The van der Waals surface area contributed by atoms with Crippen molar-refractivity contribution >= 4 is 44.9 Å². The van der Waals surface area contributed by atoms with E-state index in [1.165, 1.54) is 0 Å². The van der Waals surface area contributed by atoms with Gasteiger partial charge in [0.15, 0.2) is 5.11 Å². The molecule has 0 unspecified atom stereocenters. The van der Waals surface area contributed by atoms with Gasteiger partial charge in [-0.1, -0.05) is 34.1 Å². The number of rotatable bonds is 1. The molecule has 0 atom stereocenters. The smallest absolute Gasteiger partial charge is 0.260 e. The van der Waals surface area contributed by atoms with Crippen LogP contribution in [-0.2, 0) is 6.54 Å². The molecular weight excluding hydrogens is 336 g/mol. The van der Waals surface area contributed by atoms with E-state index in [0.29, 0.717) is 17.2 Å². The number of halogens is 1. The molecule has 1 N–H and O–H groups in total. The summed E-state index contributed by atoms with van der Waals surface area (Å²) in [5.41, 5.74) is 2.65. The van der Waals surface area contributed by atoms with E-state index < -0.39 is 0 Å². The van der Waals surface area contributed by atoms with Crippen LogP contribution in [0.2, 0.25) is 0 Å². The highest BCUT2D eigenvalue weighted by Gasteiger charge is 2.25. The lowest BCUT2D eigenvalue weighted by molar-refractivity contribution is 0.0841. The molecule has 0 aliphatic carbocycles. The summed E-state index contributed by atoms with van der Waals surface area (Å²) < 4.78 is 0.943. The molecule has 0 fully saturated rings. The predicted octanol–water partition coefficient (Wildman–Crippen LogP) is 3.80. The van der Waals surface area contributed by atoms with Crippen molar-refractivity contribution < 1.29 is 4.79 Å². The van der Waals surface area contributed by atoms with Crippen LogP contribution in [0.25, 0.3) is 0 Å². The highest BCUT2D eigenvalue weighted by atomic mass is 79.9. The van der Waals surface area contributed by atoms with Crippen LogP contribution in [0.15, 0.2) is 53.0 Å². The van der Waals surface area contributed by atoms with Crippen LogP contribution in [0.4, 0.5) is 5.69 Å². The molecule has 0 radical (unpaired) electrons. The van der Waals surface area contributed by atoms with Crippen LogP contribution in [0.5, 0.6) is 0 Å². The standard InChI is InChI=1S/C15H11BrN2OS/c16-12-7-5-10(6-8-12)14(19)18-9-11-3-1-2-4-13(11)17-15(18)20/h1-8H,9H2,(H,17,20). The maximum Gasteiger partial charge on any atom is 0.260 e. The van der Waals surface area contributed by atoms with Gasteiger partial charge in [-0.25, -0.2) is 0 Å². The molecule has 3 nitrogen and oxygen atoms in total. The molecule has 2 aromatic rings. The summed E-state index contributed by atoms with van der Waals surface area (Å²) in [6, 6.07) is 15.1. The Bertz CT molecular complexity index is 685. The molecule has 3 rings (SSSR count). The minimum atomic E-state index is -0.0931. The first-order valence-electron chi connectivity index (χ1n) is 6.11. The topological polar surface area (TPSA) is 32.3 Å². The molecule has 1 aliphatic rings. The quantitative estimate of drug-likeness (QED) is 0.797. The average Bonchev–Trinajstić information content (AvgIpc) is 2.46. The molecule has 0 aromatic heterocycles. The number of carbonyl (C=O) groups is 1. The first-order valence-corrected chi connectivity index (χ1v) is 7.31. The highest BCUT2D eigenvalue weighted by molar-refractivity contribution is 9.10. The van der Waals surface area contributed by atoms with Gasteiger partial charge in [0, 0.05) is 15.7 Å². The van der Waals surface area contributed by atoms with Crippen molar-refractivity contribution in [2.75, 3.05) is 5.32 Å². The van der Waals surface area contributed by atoms with Crippen molar-refractivity contribution in [1.29, 1.82) is 0 Å². The van der Waals surface area contributed by atoms with E-state index in [1.807, 2.05) is 36.4 Å². The van der Waals surface area contributed by atoms with Crippen molar-refractivity contribution in [2.45, 2.75) is 6.54 Å². The summed E-state index contributed by atoms with van der Waals surface area (Å²) in [4.78, 5) is 14.1. The van der Waals surface area contributed by atoms with Gasteiger partial charge >= 0.3 is 0 Å². The minimum absolute atomic E-state index is 0.0931. The number of carbonyl (C=O) groups excluding carboxylic acids is 1. The van der Waals surface area contributed by atoms with Gasteiger partial charge in [0.2, 0.25) is 0 Å². The molecule has 20 heavy (non-hydrogen) atoms. The number of amides is 1. The third-order valence-electron chi connectivity index (χ3n) is 3.17. The van der Waals surface area contributed by atoms with Gasteiger partial charge in [-0.2, -0.15) is 0 Å². The van der Waals surface area contributed by atoms with Gasteiger partial charge in [-0.05, 0) is 48.1 Å². The zero-order valence-corrected chi connectivity index (χ0v) is 12.9. The molecular formula is C15H11BrN2OS. The Hall–Kier alpha value is -1.72. The maximum absolute atomic E-state index is 12.5. The second-order valence-corrected chi connectivity index (χ2v) is 5.79. The van der Waals surface area contributed by atoms with Gasteiger partial charge in [0.1, 0.15) is 0 Å². The fraction of sp³-hybridized carbons (Fsp3) is 0.0667. The normalized spacial score (nSPS) is 13.7. The van der Waals surface area contributed by atoms with Gasteiger partial charge in [0.25, 0.3) is 5.91 Å². The van der Waals surface area contributed by atoms with Crippen LogP contribution in [0, 0.1) is 0 Å². The number of nitrogens with zero attached hydrogens (tertiary/aromatic N) is 1. The van der Waals surface area contributed by atoms with Crippen molar-refractivity contribution in [3.63, 3.8) is 0 Å². The maximum atomic E-state index is 12.5. The first-order chi connectivity index (χ1) is 9.65. The third-order valence-corrected chi connectivity index (χ3v) is 4.02. The van der Waals surface area contributed by atoms with Crippen molar-refractivity contribution in [3.05, 3.63) is 64.1 Å². The van der Waals surface area contributed by atoms with Gasteiger partial charge < -0.3 is 5.32 Å². The molecule has 1 aliphatic heterocycles. The van der Waals surface area contributed by atoms with E-state index in [1.54, 1.807) is 17.0 Å². The monoisotopic (exact) mass is 346 g/mol. The van der Waals surface area contributed by atoms with E-state index in [4.69, 9.17) is 12.2 Å². The highest BCUT2D eigenvalue weighted by Crippen LogP contribution is 2.24. The number of para-hydroxylation sites is 1. The van der Waals surface area contributed by atoms with Crippen LogP contribution < -0.4 is 5.32 Å². The lowest BCUT2D eigenvalue weighted by Crippen LogP contribution is -2.42. The zero-order valence-electron chi connectivity index (χ0n) is 10.5. The summed E-state index contributed by atoms with van der Waals surface area (Å²) in [6.45, 7) is 0.497. The van der Waals surface area contributed by atoms with Gasteiger partial charge in [0.05, 0.1) is 6.54 Å². The predicted molar refractivity (Wildman–Crippen MR) is 86.7 cm³/mol. The van der Waals surface area contributed by atoms with Crippen LogP contribution in [0.1, 0.15) is 15.9 Å². The van der Waals surface area contributed by atoms with Crippen molar-refractivity contribution in [3.8, 4) is 0 Å². The largest absolute Gasteiger partial charge is 0.332 e. The van der Waals surface area contributed by atoms with Crippen LogP contribution in [-0.4, -0.2) is 15.9 Å². The number of fused-ring (bicyclic) bond motifs is 1. The molecule has 1 amide bonds. The van der Waals surface area contributed by atoms with Gasteiger partial charge in [-0.3, -0.25) is 9.69 Å². The number of hydrogen-bond donors (Lipinski definition) is 1. The lowest BCUT2D eigenvalue weighted by Gasteiger charge is -2.30. The molecule has 0 saturated heterocycles. The van der Waals surface area contributed by atoms with E-state index in [-0.39, 0.29) is 5.91 Å². The molecule has 5 heteroatoms. The number of thiocarbonyl (C=S) groups is 1. The Labute approximate surface area is 130 Å². The van der Waals surface area contributed by atoms with E-state index >= 15 is 0 Å². The summed E-state index contributed by atoms with van der Waals surface area (Å²) >= 11 is 8.65. The number of benzene rings is 2. The molecule has 100 valence electrons. The second kappa shape index (κ2) is 5.34. The van der Waals surface area contributed by atoms with E-state index in [9.17, 15) is 4.79 Å². The molecule has 2 aromatic carbocycles. The summed E-state index contributed by atoms with van der Waals surface area (Å²) in [6.07, 6.45) is 0. The minimum Gasteiger partial charge on any atom is -0.332 e. The SMILES string of the molecule is O=C(c1ccc(Br)cc1)N1Cc2ccccc2NC1=S. The number of hydrogen-bond acceptors (Lipinski definition) is 2. The Morgan fingerprint density at radius 3 is 2.60 bits per heavy atom. The van der Waals surface area contributed by atoms with E-state index in [0.717, 1.165) is 15.7 Å². The Morgan fingerprint density at radius 1 is 1.15 bits per heavy atom. The fourth-order valence-corrected chi connectivity index (χ4v) is 2.64. The molecule has 1 heterocycles. The third kappa shape index (κ3) is 2.46.